The van der Waals surface area contributed by atoms with Gasteiger partial charge in [0, 0.05) is 19.6 Å². The molecule has 106 valence electrons. The SMILES string of the molecule is O=C(O)c1ccc2c(c1)CN(CCC1=CCCCC1)C2. The van der Waals surface area contributed by atoms with E-state index in [9.17, 15) is 4.79 Å². The number of rotatable bonds is 4. The summed E-state index contributed by atoms with van der Waals surface area (Å²) in [5.41, 5.74) is 4.48. The van der Waals surface area contributed by atoms with E-state index in [1.807, 2.05) is 12.1 Å². The number of carboxylic acids is 1. The average molecular weight is 271 g/mol. The Morgan fingerprint density at radius 3 is 2.80 bits per heavy atom. The summed E-state index contributed by atoms with van der Waals surface area (Å²) < 4.78 is 0. The van der Waals surface area contributed by atoms with Gasteiger partial charge in [0.15, 0.2) is 0 Å². The predicted molar refractivity (Wildman–Crippen MR) is 78.7 cm³/mol. The number of hydrogen-bond acceptors (Lipinski definition) is 2. The van der Waals surface area contributed by atoms with E-state index in [1.165, 1.54) is 43.2 Å². The van der Waals surface area contributed by atoms with Gasteiger partial charge in [0.05, 0.1) is 5.56 Å². The Morgan fingerprint density at radius 2 is 2.05 bits per heavy atom. The lowest BCUT2D eigenvalue weighted by Crippen LogP contribution is -2.18. The van der Waals surface area contributed by atoms with Crippen LogP contribution in [-0.4, -0.2) is 22.5 Å². The quantitative estimate of drug-likeness (QED) is 0.851. The molecule has 1 N–H and O–H groups in total. The maximum absolute atomic E-state index is 11.0. The van der Waals surface area contributed by atoms with Crippen LogP contribution in [0.25, 0.3) is 0 Å². The van der Waals surface area contributed by atoms with Crippen LogP contribution in [0.1, 0.15) is 53.6 Å². The van der Waals surface area contributed by atoms with Gasteiger partial charge in [0.2, 0.25) is 0 Å². The number of fused-ring (bicyclic) bond motifs is 1. The summed E-state index contributed by atoms with van der Waals surface area (Å²) in [4.78, 5) is 13.4. The normalized spacial score (nSPS) is 18.7. The lowest BCUT2D eigenvalue weighted by Gasteiger charge is -2.18. The van der Waals surface area contributed by atoms with Crippen LogP contribution in [0.4, 0.5) is 0 Å². The molecule has 0 aromatic heterocycles. The van der Waals surface area contributed by atoms with Crippen LogP contribution >= 0.6 is 0 Å². The second-order valence-electron chi connectivity index (χ2n) is 5.86. The number of carbonyl (C=O) groups is 1. The molecule has 3 nitrogen and oxygen atoms in total. The van der Waals surface area contributed by atoms with Crippen molar-refractivity contribution in [2.24, 2.45) is 0 Å². The molecule has 2 aliphatic rings. The Bertz CT molecular complexity index is 548. The molecule has 0 radical (unpaired) electrons. The molecular formula is C17H21NO2. The summed E-state index contributed by atoms with van der Waals surface area (Å²) >= 11 is 0. The molecule has 0 amide bonds. The van der Waals surface area contributed by atoms with E-state index in [0.717, 1.165) is 19.6 Å². The first-order chi connectivity index (χ1) is 9.72. The first-order valence-corrected chi connectivity index (χ1v) is 7.48. The first-order valence-electron chi connectivity index (χ1n) is 7.48. The fraction of sp³-hybridized carbons (Fsp3) is 0.471. The number of carboxylic acid groups (broad SMARTS) is 1. The van der Waals surface area contributed by atoms with Crippen LogP contribution < -0.4 is 0 Å². The third-order valence-electron chi connectivity index (χ3n) is 4.38. The van der Waals surface area contributed by atoms with Crippen molar-refractivity contribution >= 4 is 5.97 Å². The standard InChI is InChI=1S/C17H21NO2/c19-17(20)14-6-7-15-11-18(12-16(15)10-14)9-8-13-4-2-1-3-5-13/h4,6-7,10H,1-3,5,8-9,11-12H2,(H,19,20). The zero-order valence-corrected chi connectivity index (χ0v) is 11.8. The molecule has 0 fully saturated rings. The van der Waals surface area contributed by atoms with E-state index in [4.69, 9.17) is 5.11 Å². The van der Waals surface area contributed by atoms with Gasteiger partial charge in [0.25, 0.3) is 0 Å². The van der Waals surface area contributed by atoms with Crippen LogP contribution in [-0.2, 0) is 13.1 Å². The Labute approximate surface area is 119 Å². The van der Waals surface area contributed by atoms with Crippen molar-refractivity contribution in [1.29, 1.82) is 0 Å². The summed E-state index contributed by atoms with van der Waals surface area (Å²) in [7, 11) is 0. The number of hydrogen-bond donors (Lipinski definition) is 1. The Balaban J connectivity index is 1.59. The second kappa shape index (κ2) is 5.80. The molecule has 0 saturated heterocycles. The van der Waals surface area contributed by atoms with Crippen LogP contribution in [0.2, 0.25) is 0 Å². The molecule has 3 heteroatoms. The molecule has 1 heterocycles. The maximum atomic E-state index is 11.0. The van der Waals surface area contributed by atoms with E-state index < -0.39 is 5.97 Å². The average Bonchev–Trinajstić information content (AvgIpc) is 2.88. The second-order valence-corrected chi connectivity index (χ2v) is 5.86. The van der Waals surface area contributed by atoms with E-state index in [0.29, 0.717) is 5.56 Å². The van der Waals surface area contributed by atoms with Gasteiger partial charge in [-0.1, -0.05) is 17.7 Å². The van der Waals surface area contributed by atoms with Crippen molar-refractivity contribution in [1.82, 2.24) is 4.90 Å². The van der Waals surface area contributed by atoms with Crippen LogP contribution in [0.3, 0.4) is 0 Å². The Kier molecular flexibility index (Phi) is 3.88. The number of nitrogens with zero attached hydrogens (tertiary/aromatic N) is 1. The molecule has 0 atom stereocenters. The molecule has 20 heavy (non-hydrogen) atoms. The summed E-state index contributed by atoms with van der Waals surface area (Å²) in [6, 6.07) is 5.52. The van der Waals surface area contributed by atoms with Gasteiger partial charge in [-0.15, -0.1) is 0 Å². The zero-order chi connectivity index (χ0) is 13.9. The van der Waals surface area contributed by atoms with Crippen molar-refractivity contribution in [3.63, 3.8) is 0 Å². The summed E-state index contributed by atoms with van der Waals surface area (Å²) in [6.45, 7) is 2.94. The van der Waals surface area contributed by atoms with Crippen LogP contribution in [0.5, 0.6) is 0 Å². The molecule has 1 aromatic carbocycles. The van der Waals surface area contributed by atoms with Crippen LogP contribution in [0.15, 0.2) is 29.8 Å². The highest BCUT2D eigenvalue weighted by atomic mass is 16.4. The number of benzene rings is 1. The first kappa shape index (κ1) is 13.4. The minimum Gasteiger partial charge on any atom is -0.478 e. The highest BCUT2D eigenvalue weighted by Crippen LogP contribution is 2.26. The Morgan fingerprint density at radius 1 is 1.20 bits per heavy atom. The highest BCUT2D eigenvalue weighted by molar-refractivity contribution is 5.87. The summed E-state index contributed by atoms with van der Waals surface area (Å²) in [5, 5.41) is 9.03. The molecule has 0 spiro atoms. The minimum atomic E-state index is -0.835. The van der Waals surface area contributed by atoms with Gasteiger partial charge in [-0.25, -0.2) is 4.79 Å². The largest absolute Gasteiger partial charge is 0.478 e. The smallest absolute Gasteiger partial charge is 0.335 e. The van der Waals surface area contributed by atoms with E-state index >= 15 is 0 Å². The minimum absolute atomic E-state index is 0.403. The topological polar surface area (TPSA) is 40.5 Å². The zero-order valence-electron chi connectivity index (χ0n) is 11.8. The number of allylic oxidation sites excluding steroid dienone is 1. The van der Waals surface area contributed by atoms with Crippen LogP contribution in [0, 0.1) is 0 Å². The molecular weight excluding hydrogens is 250 g/mol. The van der Waals surface area contributed by atoms with Gasteiger partial charge in [0.1, 0.15) is 0 Å². The van der Waals surface area contributed by atoms with Gasteiger partial charge in [-0.2, -0.15) is 0 Å². The summed E-state index contributed by atoms with van der Waals surface area (Å²) in [5.74, 6) is -0.835. The summed E-state index contributed by atoms with van der Waals surface area (Å²) in [6.07, 6.45) is 8.78. The number of aromatic carboxylic acids is 1. The lowest BCUT2D eigenvalue weighted by atomic mass is 9.97. The highest BCUT2D eigenvalue weighted by Gasteiger charge is 2.20. The molecule has 1 aliphatic carbocycles. The molecule has 0 bridgehead atoms. The third-order valence-corrected chi connectivity index (χ3v) is 4.38. The fourth-order valence-corrected chi connectivity index (χ4v) is 3.19. The molecule has 0 unspecified atom stereocenters. The predicted octanol–water partition coefficient (Wildman–Crippen LogP) is 3.59. The van der Waals surface area contributed by atoms with Crippen molar-refractivity contribution < 1.29 is 9.90 Å². The van der Waals surface area contributed by atoms with Crippen molar-refractivity contribution in [2.45, 2.75) is 45.2 Å². The van der Waals surface area contributed by atoms with Gasteiger partial charge in [-0.3, -0.25) is 4.90 Å². The van der Waals surface area contributed by atoms with E-state index in [1.54, 1.807) is 11.6 Å². The van der Waals surface area contributed by atoms with Crippen molar-refractivity contribution in [2.75, 3.05) is 6.54 Å². The monoisotopic (exact) mass is 271 g/mol. The molecule has 1 aliphatic heterocycles. The Hall–Kier alpha value is -1.61. The third kappa shape index (κ3) is 2.93. The molecule has 0 saturated carbocycles. The molecule has 1 aromatic rings. The lowest BCUT2D eigenvalue weighted by molar-refractivity contribution is 0.0696. The van der Waals surface area contributed by atoms with E-state index in [2.05, 4.69) is 11.0 Å². The maximum Gasteiger partial charge on any atom is 0.335 e. The van der Waals surface area contributed by atoms with Gasteiger partial charge in [-0.05, 0) is 55.4 Å². The van der Waals surface area contributed by atoms with Gasteiger partial charge < -0.3 is 5.11 Å². The van der Waals surface area contributed by atoms with Crippen molar-refractivity contribution in [3.8, 4) is 0 Å². The molecule has 3 rings (SSSR count). The van der Waals surface area contributed by atoms with Crippen molar-refractivity contribution in [3.05, 3.63) is 46.5 Å². The van der Waals surface area contributed by atoms with Gasteiger partial charge >= 0.3 is 5.97 Å². The fourth-order valence-electron chi connectivity index (χ4n) is 3.19. The van der Waals surface area contributed by atoms with E-state index in [-0.39, 0.29) is 0 Å².